The molecule has 1 aliphatic carbocycles. The van der Waals surface area contributed by atoms with Gasteiger partial charge in [0.05, 0.1) is 7.11 Å². The van der Waals surface area contributed by atoms with Crippen LogP contribution in [0.15, 0.2) is 78.9 Å². The maximum Gasteiger partial charge on any atom is 0.119 e. The van der Waals surface area contributed by atoms with Crippen LogP contribution in [0.2, 0.25) is 0 Å². The summed E-state index contributed by atoms with van der Waals surface area (Å²) in [7, 11) is 1.75. The van der Waals surface area contributed by atoms with E-state index in [0.29, 0.717) is 11.8 Å². The lowest BCUT2D eigenvalue weighted by atomic mass is 9.71. The highest BCUT2D eigenvalue weighted by Gasteiger charge is 2.30. The van der Waals surface area contributed by atoms with Gasteiger partial charge in [-0.05, 0) is 72.7 Å². The number of ether oxygens (including phenoxy) is 1. The highest BCUT2D eigenvalue weighted by Crippen LogP contribution is 2.41. The zero-order valence-corrected chi connectivity index (χ0v) is 16.6. The first kappa shape index (κ1) is 18.8. The predicted molar refractivity (Wildman–Crippen MR) is 116 cm³/mol. The van der Waals surface area contributed by atoms with Gasteiger partial charge in [-0.25, -0.2) is 0 Å². The summed E-state index contributed by atoms with van der Waals surface area (Å²) in [5.74, 6) is 2.02. The quantitative estimate of drug-likeness (QED) is 0.575. The number of benzene rings is 3. The molecular weight excluding hydrogens is 342 g/mol. The van der Waals surface area contributed by atoms with Crippen LogP contribution in [-0.2, 0) is 12.8 Å². The highest BCUT2D eigenvalue weighted by molar-refractivity contribution is 5.44. The van der Waals surface area contributed by atoms with Crippen molar-refractivity contribution in [2.24, 2.45) is 5.92 Å². The Morgan fingerprint density at radius 2 is 1.68 bits per heavy atom. The lowest BCUT2D eigenvalue weighted by Gasteiger charge is -2.34. The summed E-state index contributed by atoms with van der Waals surface area (Å²) < 4.78 is 5.46. The molecule has 1 aliphatic rings. The van der Waals surface area contributed by atoms with Gasteiger partial charge in [0, 0.05) is 5.92 Å². The van der Waals surface area contributed by atoms with Crippen LogP contribution in [0.4, 0.5) is 0 Å². The molecule has 0 saturated heterocycles. The SMILES string of the molecule is COc1ccc2c(c1)CCC(CNCCc1ccccc1)C2c1ccccc1. The summed E-state index contributed by atoms with van der Waals surface area (Å²) in [5, 5.41) is 3.73. The smallest absolute Gasteiger partial charge is 0.119 e. The molecule has 0 amide bonds. The number of hydrogen-bond donors (Lipinski definition) is 1. The average molecular weight is 372 g/mol. The van der Waals surface area contributed by atoms with Gasteiger partial charge < -0.3 is 10.1 Å². The van der Waals surface area contributed by atoms with E-state index in [1.54, 1.807) is 7.11 Å². The Kier molecular flexibility index (Phi) is 6.08. The van der Waals surface area contributed by atoms with Gasteiger partial charge in [0.2, 0.25) is 0 Å². The van der Waals surface area contributed by atoms with Crippen molar-refractivity contribution in [2.45, 2.75) is 25.2 Å². The second-order valence-corrected chi connectivity index (χ2v) is 7.69. The van der Waals surface area contributed by atoms with Crippen LogP contribution in [0.3, 0.4) is 0 Å². The first-order valence-corrected chi connectivity index (χ1v) is 10.3. The minimum absolute atomic E-state index is 0.445. The zero-order valence-electron chi connectivity index (χ0n) is 16.6. The van der Waals surface area contributed by atoms with Crippen molar-refractivity contribution in [3.63, 3.8) is 0 Å². The molecule has 3 aromatic rings. The summed E-state index contributed by atoms with van der Waals surface area (Å²) in [6.45, 7) is 2.08. The molecular formula is C26H29NO. The van der Waals surface area contributed by atoms with Gasteiger partial charge in [-0.1, -0.05) is 66.7 Å². The summed E-state index contributed by atoms with van der Waals surface area (Å²) in [5.41, 5.74) is 5.72. The van der Waals surface area contributed by atoms with Crippen molar-refractivity contribution in [3.05, 3.63) is 101 Å². The van der Waals surface area contributed by atoms with Gasteiger partial charge in [-0.15, -0.1) is 0 Å². The van der Waals surface area contributed by atoms with Crippen molar-refractivity contribution >= 4 is 0 Å². The van der Waals surface area contributed by atoms with Crippen molar-refractivity contribution in [2.75, 3.05) is 20.2 Å². The third kappa shape index (κ3) is 4.28. The molecule has 144 valence electrons. The van der Waals surface area contributed by atoms with Crippen molar-refractivity contribution in [1.82, 2.24) is 5.32 Å². The van der Waals surface area contributed by atoms with E-state index in [1.807, 2.05) is 0 Å². The minimum Gasteiger partial charge on any atom is -0.497 e. The van der Waals surface area contributed by atoms with Gasteiger partial charge in [0.1, 0.15) is 5.75 Å². The van der Waals surface area contributed by atoms with E-state index in [0.717, 1.165) is 31.7 Å². The molecule has 0 saturated carbocycles. The van der Waals surface area contributed by atoms with Gasteiger partial charge in [-0.3, -0.25) is 0 Å². The fraction of sp³-hybridized carbons (Fsp3) is 0.308. The molecule has 2 nitrogen and oxygen atoms in total. The molecule has 0 fully saturated rings. The zero-order chi connectivity index (χ0) is 19.2. The summed E-state index contributed by atoms with van der Waals surface area (Å²) in [4.78, 5) is 0. The monoisotopic (exact) mass is 371 g/mol. The van der Waals surface area contributed by atoms with E-state index in [2.05, 4.69) is 84.2 Å². The van der Waals surface area contributed by atoms with E-state index in [1.165, 1.54) is 28.7 Å². The fourth-order valence-electron chi connectivity index (χ4n) is 4.49. The van der Waals surface area contributed by atoms with Crippen LogP contribution in [-0.4, -0.2) is 20.2 Å². The Morgan fingerprint density at radius 1 is 0.929 bits per heavy atom. The number of nitrogens with one attached hydrogen (secondary N) is 1. The molecule has 4 rings (SSSR count). The second kappa shape index (κ2) is 9.07. The Labute approximate surface area is 168 Å². The Balaban J connectivity index is 1.49. The Hall–Kier alpha value is -2.58. The van der Waals surface area contributed by atoms with Crippen molar-refractivity contribution < 1.29 is 4.74 Å². The normalized spacial score (nSPS) is 18.5. The molecule has 0 heterocycles. The third-order valence-corrected chi connectivity index (χ3v) is 5.94. The molecule has 2 atom stereocenters. The lowest BCUT2D eigenvalue weighted by molar-refractivity contribution is 0.381. The predicted octanol–water partition coefficient (Wildman–Crippen LogP) is 5.22. The van der Waals surface area contributed by atoms with E-state index in [-0.39, 0.29) is 0 Å². The molecule has 2 heteroatoms. The standard InChI is InChI=1S/C26H29NO/c1-28-24-14-15-25-22(18-24)12-13-23(26(25)21-10-6-3-7-11-21)19-27-17-16-20-8-4-2-5-9-20/h2-11,14-15,18,23,26-27H,12-13,16-17,19H2,1H3. The van der Waals surface area contributed by atoms with Gasteiger partial charge in [0.15, 0.2) is 0 Å². The maximum absolute atomic E-state index is 5.46. The molecule has 0 spiro atoms. The molecule has 28 heavy (non-hydrogen) atoms. The number of rotatable bonds is 7. The van der Waals surface area contributed by atoms with Gasteiger partial charge in [-0.2, -0.15) is 0 Å². The van der Waals surface area contributed by atoms with Gasteiger partial charge >= 0.3 is 0 Å². The van der Waals surface area contributed by atoms with E-state index in [4.69, 9.17) is 4.74 Å². The van der Waals surface area contributed by atoms with Gasteiger partial charge in [0.25, 0.3) is 0 Å². The Morgan fingerprint density at radius 3 is 2.43 bits per heavy atom. The summed E-state index contributed by atoms with van der Waals surface area (Å²) >= 11 is 0. The summed E-state index contributed by atoms with van der Waals surface area (Å²) in [6.07, 6.45) is 3.41. The van der Waals surface area contributed by atoms with E-state index >= 15 is 0 Å². The molecule has 1 N–H and O–H groups in total. The average Bonchev–Trinajstić information content (AvgIpc) is 2.77. The van der Waals surface area contributed by atoms with Crippen molar-refractivity contribution in [3.8, 4) is 5.75 Å². The van der Waals surface area contributed by atoms with Crippen LogP contribution in [0.5, 0.6) is 5.75 Å². The molecule has 0 bridgehead atoms. The first-order chi connectivity index (χ1) is 13.8. The largest absolute Gasteiger partial charge is 0.497 e. The molecule has 3 aromatic carbocycles. The van der Waals surface area contributed by atoms with Crippen molar-refractivity contribution in [1.29, 1.82) is 0 Å². The fourth-order valence-corrected chi connectivity index (χ4v) is 4.49. The van der Waals surface area contributed by atoms with Crippen LogP contribution < -0.4 is 10.1 Å². The molecule has 2 unspecified atom stereocenters. The topological polar surface area (TPSA) is 21.3 Å². The minimum atomic E-state index is 0.445. The number of hydrogen-bond acceptors (Lipinski definition) is 2. The number of aryl methyl sites for hydroxylation is 1. The third-order valence-electron chi connectivity index (χ3n) is 5.94. The molecule has 0 aromatic heterocycles. The van der Waals surface area contributed by atoms with Crippen LogP contribution >= 0.6 is 0 Å². The van der Waals surface area contributed by atoms with Crippen LogP contribution in [0.25, 0.3) is 0 Å². The Bertz CT molecular complexity index is 875. The molecule has 0 radical (unpaired) electrons. The maximum atomic E-state index is 5.46. The summed E-state index contributed by atoms with van der Waals surface area (Å²) in [6, 6.07) is 28.3. The van der Waals surface area contributed by atoms with E-state index in [9.17, 15) is 0 Å². The number of methoxy groups -OCH3 is 1. The number of fused-ring (bicyclic) bond motifs is 1. The highest BCUT2D eigenvalue weighted by atomic mass is 16.5. The molecule has 0 aliphatic heterocycles. The van der Waals surface area contributed by atoms with Crippen LogP contribution in [0, 0.1) is 5.92 Å². The first-order valence-electron chi connectivity index (χ1n) is 10.3. The van der Waals surface area contributed by atoms with Crippen LogP contribution in [0.1, 0.15) is 34.6 Å². The van der Waals surface area contributed by atoms with E-state index < -0.39 is 0 Å². The lowest BCUT2D eigenvalue weighted by Crippen LogP contribution is -2.32. The second-order valence-electron chi connectivity index (χ2n) is 7.69.